The second kappa shape index (κ2) is 6.82. The number of nitrogens with one attached hydrogen (secondary N) is 2. The minimum atomic E-state index is -0.267. The van der Waals surface area contributed by atoms with Crippen molar-refractivity contribution in [2.75, 3.05) is 31.2 Å². The molecule has 1 aliphatic heterocycles. The van der Waals surface area contributed by atoms with Crippen LogP contribution >= 0.6 is 0 Å². The molecular weight excluding hydrogens is 298 g/mol. The maximum Gasteiger partial charge on any atom is 0.290 e. The highest BCUT2D eigenvalue weighted by molar-refractivity contribution is 5.92. The van der Waals surface area contributed by atoms with Gasteiger partial charge in [0.2, 0.25) is 5.76 Å². The van der Waals surface area contributed by atoms with Crippen molar-refractivity contribution in [1.29, 1.82) is 0 Å². The molecule has 0 bridgehead atoms. The molecule has 8 heteroatoms. The summed E-state index contributed by atoms with van der Waals surface area (Å²) in [6, 6.07) is 3.59. The number of aromatic amines is 1. The standard InChI is InChI=1S/C15H21N5O3/c1-10(7-12-8-11(2)17-18-12)16-15(21)13-9-14(19-23-13)20-3-5-22-6-4-20/h8-10H,3-7H2,1-2H3,(H,16,21)(H,17,18). The number of rotatable bonds is 5. The molecule has 3 heterocycles. The maximum atomic E-state index is 12.2. The fraction of sp³-hybridized carbons (Fsp3) is 0.533. The average molecular weight is 319 g/mol. The third-order valence-corrected chi connectivity index (χ3v) is 3.71. The molecule has 8 nitrogen and oxygen atoms in total. The van der Waals surface area contributed by atoms with Gasteiger partial charge in [0.15, 0.2) is 5.82 Å². The molecule has 2 aromatic heterocycles. The van der Waals surface area contributed by atoms with Gasteiger partial charge in [0, 0.05) is 37.3 Å². The van der Waals surface area contributed by atoms with Gasteiger partial charge in [-0.3, -0.25) is 9.89 Å². The Balaban J connectivity index is 1.56. The van der Waals surface area contributed by atoms with Crippen molar-refractivity contribution in [2.45, 2.75) is 26.3 Å². The van der Waals surface area contributed by atoms with Gasteiger partial charge in [-0.1, -0.05) is 5.16 Å². The third-order valence-electron chi connectivity index (χ3n) is 3.71. The van der Waals surface area contributed by atoms with Crippen LogP contribution in [0.1, 0.15) is 28.9 Å². The number of anilines is 1. The zero-order valence-corrected chi connectivity index (χ0v) is 13.3. The summed E-state index contributed by atoms with van der Waals surface area (Å²) in [5.74, 6) is 0.627. The van der Waals surface area contributed by atoms with E-state index >= 15 is 0 Å². The summed E-state index contributed by atoms with van der Waals surface area (Å²) in [7, 11) is 0. The first-order chi connectivity index (χ1) is 11.1. The quantitative estimate of drug-likeness (QED) is 0.850. The molecule has 2 aromatic rings. The summed E-state index contributed by atoms with van der Waals surface area (Å²) in [5.41, 5.74) is 1.92. The van der Waals surface area contributed by atoms with E-state index < -0.39 is 0 Å². The van der Waals surface area contributed by atoms with Crippen LogP contribution in [0.2, 0.25) is 0 Å². The number of H-pyrrole nitrogens is 1. The van der Waals surface area contributed by atoms with E-state index in [1.165, 1.54) is 0 Å². The number of morpholine rings is 1. The first-order valence-corrected chi connectivity index (χ1v) is 7.73. The molecule has 2 N–H and O–H groups in total. The minimum absolute atomic E-state index is 0.0536. The van der Waals surface area contributed by atoms with E-state index in [9.17, 15) is 4.79 Å². The summed E-state index contributed by atoms with van der Waals surface area (Å²) in [6.07, 6.45) is 0.653. The van der Waals surface area contributed by atoms with Crippen LogP contribution in [0.3, 0.4) is 0 Å². The molecule has 1 amide bonds. The van der Waals surface area contributed by atoms with Gasteiger partial charge < -0.3 is 19.5 Å². The molecule has 0 saturated carbocycles. The molecule has 124 valence electrons. The average Bonchev–Trinajstić information content (AvgIpc) is 3.17. The van der Waals surface area contributed by atoms with E-state index in [0.29, 0.717) is 25.5 Å². The predicted molar refractivity (Wildman–Crippen MR) is 83.5 cm³/mol. The number of hydrogen-bond acceptors (Lipinski definition) is 6. The lowest BCUT2D eigenvalue weighted by molar-refractivity contribution is 0.0902. The van der Waals surface area contributed by atoms with Crippen LogP contribution in [-0.4, -0.2) is 53.6 Å². The van der Waals surface area contributed by atoms with Gasteiger partial charge in [-0.15, -0.1) is 0 Å². The van der Waals surface area contributed by atoms with Crippen LogP contribution in [0.5, 0.6) is 0 Å². The van der Waals surface area contributed by atoms with Crippen molar-refractivity contribution in [3.8, 4) is 0 Å². The highest BCUT2D eigenvalue weighted by Gasteiger charge is 2.20. The summed E-state index contributed by atoms with van der Waals surface area (Å²) in [6.45, 7) is 6.70. The van der Waals surface area contributed by atoms with Crippen molar-refractivity contribution in [3.05, 3.63) is 29.3 Å². The monoisotopic (exact) mass is 319 g/mol. The zero-order valence-electron chi connectivity index (χ0n) is 13.3. The van der Waals surface area contributed by atoms with Crippen molar-refractivity contribution in [3.63, 3.8) is 0 Å². The van der Waals surface area contributed by atoms with E-state index in [0.717, 1.165) is 24.5 Å². The lowest BCUT2D eigenvalue weighted by Crippen LogP contribution is -2.36. The van der Waals surface area contributed by atoms with Gasteiger partial charge in [0.05, 0.1) is 18.9 Å². The van der Waals surface area contributed by atoms with Gasteiger partial charge in [-0.2, -0.15) is 5.10 Å². The van der Waals surface area contributed by atoms with Crippen molar-refractivity contribution < 1.29 is 14.1 Å². The number of carbonyl (C=O) groups is 1. The van der Waals surface area contributed by atoms with Gasteiger partial charge in [0.1, 0.15) is 0 Å². The minimum Gasteiger partial charge on any atom is -0.378 e. The lowest BCUT2D eigenvalue weighted by Gasteiger charge is -2.25. The third kappa shape index (κ3) is 3.89. The Bertz CT molecular complexity index is 660. The smallest absolute Gasteiger partial charge is 0.290 e. The second-order valence-electron chi connectivity index (χ2n) is 5.77. The molecule has 1 aliphatic rings. The number of hydrogen-bond donors (Lipinski definition) is 2. The van der Waals surface area contributed by atoms with Crippen LogP contribution in [0.15, 0.2) is 16.7 Å². The molecular formula is C15H21N5O3. The Kier molecular flexibility index (Phi) is 4.61. The molecule has 1 saturated heterocycles. The van der Waals surface area contributed by atoms with Crippen molar-refractivity contribution >= 4 is 11.7 Å². The summed E-state index contributed by atoms with van der Waals surface area (Å²) in [5, 5.41) is 13.9. The van der Waals surface area contributed by atoms with Crippen molar-refractivity contribution in [1.82, 2.24) is 20.7 Å². The van der Waals surface area contributed by atoms with E-state index in [1.807, 2.05) is 24.8 Å². The molecule has 1 atom stereocenters. The normalized spacial score (nSPS) is 16.3. The number of nitrogens with zero attached hydrogens (tertiary/aromatic N) is 3. The van der Waals surface area contributed by atoms with Gasteiger partial charge >= 0.3 is 0 Å². The van der Waals surface area contributed by atoms with E-state index in [-0.39, 0.29) is 17.7 Å². The highest BCUT2D eigenvalue weighted by Crippen LogP contribution is 2.16. The molecule has 1 fully saturated rings. The van der Waals surface area contributed by atoms with Crippen LogP contribution in [0.25, 0.3) is 0 Å². The fourth-order valence-corrected chi connectivity index (χ4v) is 2.55. The van der Waals surface area contributed by atoms with Crippen LogP contribution in [0.4, 0.5) is 5.82 Å². The number of aryl methyl sites for hydroxylation is 1. The number of amides is 1. The lowest BCUT2D eigenvalue weighted by atomic mass is 10.1. The van der Waals surface area contributed by atoms with Gasteiger partial charge in [0.25, 0.3) is 5.91 Å². The Morgan fingerprint density at radius 3 is 2.91 bits per heavy atom. The first kappa shape index (κ1) is 15.5. The number of carbonyl (C=O) groups excluding carboxylic acids is 1. The molecule has 0 radical (unpaired) electrons. The zero-order chi connectivity index (χ0) is 16.2. The summed E-state index contributed by atoms with van der Waals surface area (Å²) in [4.78, 5) is 14.3. The van der Waals surface area contributed by atoms with Crippen LogP contribution in [0, 0.1) is 6.92 Å². The van der Waals surface area contributed by atoms with E-state index in [1.54, 1.807) is 6.07 Å². The summed E-state index contributed by atoms with van der Waals surface area (Å²) >= 11 is 0. The highest BCUT2D eigenvalue weighted by atomic mass is 16.5. The fourth-order valence-electron chi connectivity index (χ4n) is 2.55. The molecule has 0 aromatic carbocycles. The van der Waals surface area contributed by atoms with E-state index in [4.69, 9.17) is 9.26 Å². The van der Waals surface area contributed by atoms with Crippen LogP contribution in [-0.2, 0) is 11.2 Å². The maximum absolute atomic E-state index is 12.2. The Hall–Kier alpha value is -2.35. The Labute approximate surface area is 134 Å². The second-order valence-corrected chi connectivity index (χ2v) is 5.77. The number of aromatic nitrogens is 3. The Morgan fingerprint density at radius 1 is 1.43 bits per heavy atom. The molecule has 0 aliphatic carbocycles. The summed E-state index contributed by atoms with van der Waals surface area (Å²) < 4.78 is 10.5. The van der Waals surface area contributed by atoms with Crippen molar-refractivity contribution in [2.24, 2.45) is 0 Å². The number of ether oxygens (including phenoxy) is 1. The van der Waals surface area contributed by atoms with Crippen LogP contribution < -0.4 is 10.2 Å². The van der Waals surface area contributed by atoms with Gasteiger partial charge in [-0.05, 0) is 19.9 Å². The van der Waals surface area contributed by atoms with Gasteiger partial charge in [-0.25, -0.2) is 0 Å². The predicted octanol–water partition coefficient (Wildman–Crippen LogP) is 0.904. The Morgan fingerprint density at radius 2 is 2.22 bits per heavy atom. The SMILES string of the molecule is Cc1cc(CC(C)NC(=O)c2cc(N3CCOCC3)no2)n[nH]1. The molecule has 0 spiro atoms. The first-order valence-electron chi connectivity index (χ1n) is 7.73. The molecule has 3 rings (SSSR count). The van der Waals surface area contributed by atoms with E-state index in [2.05, 4.69) is 20.7 Å². The topological polar surface area (TPSA) is 96.3 Å². The molecule has 1 unspecified atom stereocenters. The largest absolute Gasteiger partial charge is 0.378 e. The molecule has 23 heavy (non-hydrogen) atoms.